The van der Waals surface area contributed by atoms with Crippen molar-refractivity contribution in [2.75, 3.05) is 12.4 Å². The summed E-state index contributed by atoms with van der Waals surface area (Å²) >= 11 is 1.57. The number of carbonyl (C=O) groups is 1. The van der Waals surface area contributed by atoms with Gasteiger partial charge in [-0.2, -0.15) is 5.10 Å². The summed E-state index contributed by atoms with van der Waals surface area (Å²) in [5, 5.41) is 9.27. The van der Waals surface area contributed by atoms with E-state index >= 15 is 0 Å². The molecule has 170 valence electrons. The van der Waals surface area contributed by atoms with Gasteiger partial charge < -0.3 is 10.1 Å². The van der Waals surface area contributed by atoms with Crippen LogP contribution >= 0.6 is 11.3 Å². The Morgan fingerprint density at radius 1 is 1.00 bits per heavy atom. The highest BCUT2D eigenvalue weighted by Gasteiger charge is 2.18. The van der Waals surface area contributed by atoms with Crippen molar-refractivity contribution in [3.05, 3.63) is 88.8 Å². The molecule has 0 spiro atoms. The maximum atomic E-state index is 12.9. The van der Waals surface area contributed by atoms with Crippen LogP contribution in [0.1, 0.15) is 13.0 Å². The fourth-order valence-electron chi connectivity index (χ4n) is 3.57. The van der Waals surface area contributed by atoms with Crippen LogP contribution in [0.3, 0.4) is 0 Å². The van der Waals surface area contributed by atoms with Gasteiger partial charge in [-0.15, -0.1) is 11.3 Å². The number of carbonyl (C=O) groups excluding carboxylic acids is 1. The van der Waals surface area contributed by atoms with Crippen molar-refractivity contribution in [2.45, 2.75) is 13.0 Å². The highest BCUT2D eigenvalue weighted by Crippen LogP contribution is 2.24. The summed E-state index contributed by atoms with van der Waals surface area (Å²) in [5.41, 5.74) is 3.50. The molecule has 0 saturated carbocycles. The van der Waals surface area contributed by atoms with E-state index in [4.69, 9.17) is 4.74 Å². The molecule has 0 aliphatic carbocycles. The minimum atomic E-state index is -0.801. The maximum absolute atomic E-state index is 12.9. The number of anilines is 1. The van der Waals surface area contributed by atoms with E-state index in [1.54, 1.807) is 31.4 Å². The van der Waals surface area contributed by atoms with Crippen molar-refractivity contribution in [3.8, 4) is 28.3 Å². The van der Waals surface area contributed by atoms with Gasteiger partial charge in [-0.1, -0.05) is 12.1 Å². The molecule has 0 aliphatic heterocycles. The summed E-state index contributed by atoms with van der Waals surface area (Å²) < 4.78 is 8.35. The Bertz CT molecular complexity index is 1490. The molecule has 3 aromatic heterocycles. The first kappa shape index (κ1) is 21.6. The van der Waals surface area contributed by atoms with Gasteiger partial charge in [-0.05, 0) is 49.4 Å². The quantitative estimate of drug-likeness (QED) is 0.394. The molecule has 0 aliphatic rings. The number of thiazole rings is 1. The van der Waals surface area contributed by atoms with Crippen LogP contribution in [0.4, 0.5) is 5.69 Å². The Morgan fingerprint density at radius 3 is 2.41 bits per heavy atom. The van der Waals surface area contributed by atoms with Gasteiger partial charge in [0.2, 0.25) is 5.91 Å². The van der Waals surface area contributed by atoms with Crippen LogP contribution < -0.4 is 15.6 Å². The Hall–Kier alpha value is -4.24. The highest BCUT2D eigenvalue weighted by molar-refractivity contribution is 7.15. The largest absolute Gasteiger partial charge is 0.497 e. The van der Waals surface area contributed by atoms with Crippen molar-refractivity contribution >= 4 is 27.9 Å². The molecule has 1 amide bonds. The molecule has 8 nitrogen and oxygen atoms in total. The number of amides is 1. The van der Waals surface area contributed by atoms with E-state index in [9.17, 15) is 9.59 Å². The summed E-state index contributed by atoms with van der Waals surface area (Å²) in [6.45, 7) is 1.65. The fourth-order valence-corrected chi connectivity index (χ4v) is 4.27. The number of aromatic nitrogens is 4. The number of methoxy groups -OCH3 is 1. The van der Waals surface area contributed by atoms with Gasteiger partial charge in [0.25, 0.3) is 5.56 Å². The molecule has 0 radical (unpaired) electrons. The second kappa shape index (κ2) is 8.95. The number of nitrogens with one attached hydrogen (secondary N) is 1. The molecule has 1 N–H and O–H groups in total. The van der Waals surface area contributed by atoms with E-state index in [1.807, 2.05) is 70.7 Å². The normalized spacial score (nSPS) is 11.9. The molecule has 1 atom stereocenters. The van der Waals surface area contributed by atoms with Gasteiger partial charge in [0, 0.05) is 40.7 Å². The lowest BCUT2D eigenvalue weighted by Crippen LogP contribution is -2.33. The third kappa shape index (κ3) is 4.20. The maximum Gasteiger partial charge on any atom is 0.267 e. The predicted molar refractivity (Wildman–Crippen MR) is 132 cm³/mol. The Balaban J connectivity index is 1.32. The van der Waals surface area contributed by atoms with Gasteiger partial charge in [-0.3, -0.25) is 14.0 Å². The minimum Gasteiger partial charge on any atom is -0.497 e. The molecule has 0 saturated heterocycles. The molecule has 0 bridgehead atoms. The number of ether oxygens (including phenoxy) is 1. The summed E-state index contributed by atoms with van der Waals surface area (Å²) in [7, 11) is 1.60. The van der Waals surface area contributed by atoms with E-state index in [0.29, 0.717) is 11.4 Å². The Labute approximate surface area is 199 Å². The SMILES string of the molecule is COc1ccc(-c2ccc(=O)n(C(C)C(=O)Nc3ccc(-c4cn5ccsc5n4)cc3)n2)cc1. The van der Waals surface area contributed by atoms with Crippen molar-refractivity contribution in [2.24, 2.45) is 0 Å². The molecular weight excluding hydrogens is 450 g/mol. The zero-order valence-electron chi connectivity index (χ0n) is 18.5. The lowest BCUT2D eigenvalue weighted by molar-refractivity contribution is -0.119. The number of benzene rings is 2. The van der Waals surface area contributed by atoms with Gasteiger partial charge >= 0.3 is 0 Å². The van der Waals surface area contributed by atoms with E-state index in [1.165, 1.54) is 10.7 Å². The molecular formula is C25H21N5O3S. The lowest BCUT2D eigenvalue weighted by atomic mass is 10.1. The van der Waals surface area contributed by atoms with Crippen molar-refractivity contribution in [1.82, 2.24) is 19.2 Å². The Morgan fingerprint density at radius 2 is 1.71 bits per heavy atom. The minimum absolute atomic E-state index is 0.336. The topological polar surface area (TPSA) is 90.5 Å². The average Bonchev–Trinajstić information content (AvgIpc) is 3.47. The monoisotopic (exact) mass is 471 g/mol. The van der Waals surface area contributed by atoms with Crippen molar-refractivity contribution in [1.29, 1.82) is 0 Å². The van der Waals surface area contributed by atoms with Crippen molar-refractivity contribution in [3.63, 3.8) is 0 Å². The summed E-state index contributed by atoms with van der Waals surface area (Å²) in [6.07, 6.45) is 3.93. The zero-order valence-corrected chi connectivity index (χ0v) is 19.3. The number of hydrogen-bond acceptors (Lipinski definition) is 6. The van der Waals surface area contributed by atoms with Crippen LogP contribution in [0.5, 0.6) is 5.75 Å². The molecule has 0 fully saturated rings. The first-order chi connectivity index (χ1) is 16.5. The summed E-state index contributed by atoms with van der Waals surface area (Å²) in [6, 6.07) is 17.0. The van der Waals surface area contributed by atoms with Crippen LogP contribution in [-0.4, -0.2) is 32.2 Å². The van der Waals surface area contributed by atoms with E-state index in [-0.39, 0.29) is 11.5 Å². The van der Waals surface area contributed by atoms with Crippen LogP contribution in [0.25, 0.3) is 27.5 Å². The van der Waals surface area contributed by atoms with Gasteiger partial charge in [0.05, 0.1) is 18.5 Å². The smallest absolute Gasteiger partial charge is 0.267 e. The van der Waals surface area contributed by atoms with E-state index in [0.717, 1.165) is 27.5 Å². The zero-order chi connectivity index (χ0) is 23.7. The molecule has 34 heavy (non-hydrogen) atoms. The van der Waals surface area contributed by atoms with Gasteiger partial charge in [0.15, 0.2) is 4.96 Å². The molecule has 1 unspecified atom stereocenters. The van der Waals surface area contributed by atoms with E-state index < -0.39 is 6.04 Å². The molecule has 5 rings (SSSR count). The third-order valence-corrected chi connectivity index (χ3v) is 6.27. The van der Waals surface area contributed by atoms with Crippen LogP contribution in [0.2, 0.25) is 0 Å². The average molecular weight is 472 g/mol. The van der Waals surface area contributed by atoms with Gasteiger partial charge in [0.1, 0.15) is 11.8 Å². The number of hydrogen-bond donors (Lipinski definition) is 1. The second-order valence-electron chi connectivity index (χ2n) is 7.69. The Kier molecular flexibility index (Phi) is 5.69. The lowest BCUT2D eigenvalue weighted by Gasteiger charge is -2.15. The van der Waals surface area contributed by atoms with E-state index in [2.05, 4.69) is 15.4 Å². The standard InChI is InChI=1S/C25H21N5O3S/c1-16(30-23(31)12-11-21(28-30)17-5-9-20(33-2)10-6-17)24(32)26-19-7-3-18(4-8-19)22-15-29-13-14-34-25(29)27-22/h3-16H,1-2H3,(H,26,32). The first-order valence-electron chi connectivity index (χ1n) is 10.6. The molecule has 3 heterocycles. The number of rotatable bonds is 6. The van der Waals surface area contributed by atoms with Crippen LogP contribution in [0, 0.1) is 0 Å². The predicted octanol–water partition coefficient (Wildman–Crippen LogP) is 4.49. The molecule has 5 aromatic rings. The number of imidazole rings is 1. The molecule has 9 heteroatoms. The highest BCUT2D eigenvalue weighted by atomic mass is 32.1. The molecule has 2 aromatic carbocycles. The fraction of sp³-hybridized carbons (Fsp3) is 0.120. The summed E-state index contributed by atoms with van der Waals surface area (Å²) in [5.74, 6) is 0.389. The second-order valence-corrected chi connectivity index (χ2v) is 8.56. The van der Waals surface area contributed by atoms with Gasteiger partial charge in [-0.25, -0.2) is 9.67 Å². The number of fused-ring (bicyclic) bond motifs is 1. The number of nitrogens with zero attached hydrogens (tertiary/aromatic N) is 4. The third-order valence-electron chi connectivity index (χ3n) is 5.50. The first-order valence-corrected chi connectivity index (χ1v) is 11.5. The summed E-state index contributed by atoms with van der Waals surface area (Å²) in [4.78, 5) is 30.9. The van der Waals surface area contributed by atoms with Crippen LogP contribution in [0.15, 0.2) is 83.2 Å². The van der Waals surface area contributed by atoms with Crippen molar-refractivity contribution < 1.29 is 9.53 Å². The van der Waals surface area contributed by atoms with Crippen LogP contribution in [-0.2, 0) is 4.79 Å².